The van der Waals surface area contributed by atoms with Crippen molar-refractivity contribution in [1.29, 1.82) is 0 Å². The van der Waals surface area contributed by atoms with Gasteiger partial charge in [-0.3, -0.25) is 0 Å². The van der Waals surface area contributed by atoms with Gasteiger partial charge in [-0.2, -0.15) is 0 Å². The van der Waals surface area contributed by atoms with Crippen LogP contribution >= 0.6 is 15.9 Å². The lowest BCUT2D eigenvalue weighted by Gasteiger charge is -2.09. The van der Waals surface area contributed by atoms with Gasteiger partial charge in [-0.25, -0.2) is 9.97 Å². The number of nitrogens with zero attached hydrogens (tertiary/aromatic N) is 2. The minimum Gasteiger partial charge on any atom is -0.340 e. The summed E-state index contributed by atoms with van der Waals surface area (Å²) in [6.07, 6.45) is 1.54. The SMILES string of the molecule is Cc1cccc(Nc2cc(Nc3cccc(Br)c3)ncn2)c1. The first-order valence-corrected chi connectivity index (χ1v) is 7.67. The summed E-state index contributed by atoms with van der Waals surface area (Å²) in [7, 11) is 0. The van der Waals surface area contributed by atoms with Crippen LogP contribution in [-0.4, -0.2) is 9.97 Å². The average molecular weight is 355 g/mol. The van der Waals surface area contributed by atoms with Crippen molar-refractivity contribution >= 4 is 38.9 Å². The van der Waals surface area contributed by atoms with Crippen molar-refractivity contribution in [2.45, 2.75) is 6.92 Å². The maximum atomic E-state index is 4.25. The molecule has 3 aromatic rings. The topological polar surface area (TPSA) is 49.8 Å². The second-order valence-corrected chi connectivity index (χ2v) is 5.83. The first-order chi connectivity index (χ1) is 10.7. The summed E-state index contributed by atoms with van der Waals surface area (Å²) in [4.78, 5) is 8.50. The number of nitrogens with one attached hydrogen (secondary N) is 2. The molecule has 0 amide bonds. The van der Waals surface area contributed by atoms with E-state index in [2.05, 4.69) is 55.6 Å². The van der Waals surface area contributed by atoms with E-state index in [4.69, 9.17) is 0 Å². The molecule has 0 saturated heterocycles. The van der Waals surface area contributed by atoms with Crippen LogP contribution in [0.2, 0.25) is 0 Å². The van der Waals surface area contributed by atoms with Crippen LogP contribution in [0.15, 0.2) is 65.4 Å². The summed E-state index contributed by atoms with van der Waals surface area (Å²) in [6, 6.07) is 18.0. The fourth-order valence-corrected chi connectivity index (χ4v) is 2.48. The van der Waals surface area contributed by atoms with Gasteiger partial charge in [0.05, 0.1) is 0 Å². The number of hydrogen-bond donors (Lipinski definition) is 2. The molecule has 0 aliphatic rings. The van der Waals surface area contributed by atoms with Gasteiger partial charge in [0.25, 0.3) is 0 Å². The summed E-state index contributed by atoms with van der Waals surface area (Å²) >= 11 is 3.46. The van der Waals surface area contributed by atoms with Crippen LogP contribution in [0.25, 0.3) is 0 Å². The first-order valence-electron chi connectivity index (χ1n) is 6.87. The Morgan fingerprint density at radius 2 is 1.45 bits per heavy atom. The third-order valence-electron chi connectivity index (χ3n) is 3.05. The van der Waals surface area contributed by atoms with Gasteiger partial charge >= 0.3 is 0 Å². The Morgan fingerprint density at radius 1 is 0.818 bits per heavy atom. The second-order valence-electron chi connectivity index (χ2n) is 4.92. The van der Waals surface area contributed by atoms with Gasteiger partial charge in [-0.1, -0.05) is 34.1 Å². The zero-order valence-electron chi connectivity index (χ0n) is 12.0. The lowest BCUT2D eigenvalue weighted by atomic mass is 10.2. The summed E-state index contributed by atoms with van der Waals surface area (Å²) < 4.78 is 1.02. The number of anilines is 4. The summed E-state index contributed by atoms with van der Waals surface area (Å²) in [5.74, 6) is 1.49. The lowest BCUT2D eigenvalue weighted by Crippen LogP contribution is -1.98. The van der Waals surface area contributed by atoms with Crippen molar-refractivity contribution in [2.24, 2.45) is 0 Å². The van der Waals surface area contributed by atoms with Crippen molar-refractivity contribution in [3.8, 4) is 0 Å². The van der Waals surface area contributed by atoms with Crippen LogP contribution in [0, 0.1) is 6.92 Å². The highest BCUT2D eigenvalue weighted by Gasteiger charge is 2.01. The van der Waals surface area contributed by atoms with Gasteiger partial charge in [0.1, 0.15) is 18.0 Å². The van der Waals surface area contributed by atoms with Crippen LogP contribution in [0.1, 0.15) is 5.56 Å². The number of aryl methyl sites for hydroxylation is 1. The Morgan fingerprint density at radius 3 is 2.09 bits per heavy atom. The first kappa shape index (κ1) is 14.5. The molecule has 0 saturated carbocycles. The van der Waals surface area contributed by atoms with Gasteiger partial charge in [0.2, 0.25) is 0 Å². The van der Waals surface area contributed by atoms with Crippen molar-refractivity contribution in [3.05, 3.63) is 71.0 Å². The molecule has 2 aromatic carbocycles. The van der Waals surface area contributed by atoms with E-state index in [-0.39, 0.29) is 0 Å². The molecule has 0 radical (unpaired) electrons. The molecule has 4 nitrogen and oxygen atoms in total. The van der Waals surface area contributed by atoms with Gasteiger partial charge < -0.3 is 10.6 Å². The van der Waals surface area contributed by atoms with Gasteiger partial charge in [0, 0.05) is 21.9 Å². The van der Waals surface area contributed by atoms with Crippen LogP contribution in [-0.2, 0) is 0 Å². The number of benzene rings is 2. The van der Waals surface area contributed by atoms with E-state index in [9.17, 15) is 0 Å². The van der Waals surface area contributed by atoms with Gasteiger partial charge in [0.15, 0.2) is 0 Å². The highest BCUT2D eigenvalue weighted by atomic mass is 79.9. The molecule has 0 bridgehead atoms. The number of hydrogen-bond acceptors (Lipinski definition) is 4. The zero-order chi connectivity index (χ0) is 15.4. The third kappa shape index (κ3) is 3.83. The predicted molar refractivity (Wildman–Crippen MR) is 93.9 cm³/mol. The van der Waals surface area contributed by atoms with Crippen LogP contribution < -0.4 is 10.6 Å². The van der Waals surface area contributed by atoms with E-state index in [1.54, 1.807) is 6.33 Å². The summed E-state index contributed by atoms with van der Waals surface area (Å²) in [5.41, 5.74) is 3.17. The Bertz CT molecular complexity index is 726. The normalized spacial score (nSPS) is 10.3. The molecular formula is C17H15BrN4. The molecule has 0 aliphatic carbocycles. The molecule has 5 heteroatoms. The fourth-order valence-electron chi connectivity index (χ4n) is 2.08. The molecule has 1 heterocycles. The number of aromatic nitrogens is 2. The molecule has 110 valence electrons. The molecule has 3 rings (SSSR count). The van der Waals surface area contributed by atoms with E-state index in [1.165, 1.54) is 5.56 Å². The minimum atomic E-state index is 0.739. The summed E-state index contributed by atoms with van der Waals surface area (Å²) in [6.45, 7) is 2.06. The van der Waals surface area contributed by atoms with Crippen LogP contribution in [0.5, 0.6) is 0 Å². The quantitative estimate of drug-likeness (QED) is 0.689. The van der Waals surface area contributed by atoms with E-state index in [0.717, 1.165) is 27.5 Å². The fraction of sp³-hybridized carbons (Fsp3) is 0.0588. The van der Waals surface area contributed by atoms with Gasteiger partial charge in [-0.05, 0) is 42.8 Å². The third-order valence-corrected chi connectivity index (χ3v) is 3.55. The monoisotopic (exact) mass is 354 g/mol. The van der Waals surface area contributed by atoms with E-state index in [0.29, 0.717) is 0 Å². The van der Waals surface area contributed by atoms with Crippen LogP contribution in [0.4, 0.5) is 23.0 Å². The predicted octanol–water partition coefficient (Wildman–Crippen LogP) is 5.03. The van der Waals surface area contributed by atoms with Crippen molar-refractivity contribution in [3.63, 3.8) is 0 Å². The standard InChI is InChI=1S/C17H15BrN4/c1-12-4-2-6-14(8-12)21-16-10-17(20-11-19-16)22-15-7-3-5-13(18)9-15/h2-11H,1H3,(H2,19,20,21,22). The molecule has 0 fully saturated rings. The average Bonchev–Trinajstić information content (AvgIpc) is 2.47. The number of halogens is 1. The maximum Gasteiger partial charge on any atom is 0.135 e. The largest absolute Gasteiger partial charge is 0.340 e. The molecule has 2 N–H and O–H groups in total. The highest BCUT2D eigenvalue weighted by Crippen LogP contribution is 2.21. The molecule has 22 heavy (non-hydrogen) atoms. The molecule has 0 spiro atoms. The van der Waals surface area contributed by atoms with Crippen LogP contribution in [0.3, 0.4) is 0 Å². The summed E-state index contributed by atoms with van der Waals surface area (Å²) in [5, 5.41) is 6.54. The van der Waals surface area contributed by atoms with Gasteiger partial charge in [-0.15, -0.1) is 0 Å². The smallest absolute Gasteiger partial charge is 0.135 e. The Balaban J connectivity index is 1.78. The van der Waals surface area contributed by atoms with Crippen molar-refractivity contribution in [2.75, 3.05) is 10.6 Å². The second kappa shape index (κ2) is 6.58. The Kier molecular flexibility index (Phi) is 4.34. The molecule has 0 unspecified atom stereocenters. The highest BCUT2D eigenvalue weighted by molar-refractivity contribution is 9.10. The van der Waals surface area contributed by atoms with E-state index in [1.807, 2.05) is 42.5 Å². The number of rotatable bonds is 4. The van der Waals surface area contributed by atoms with Crippen molar-refractivity contribution < 1.29 is 0 Å². The minimum absolute atomic E-state index is 0.739. The van der Waals surface area contributed by atoms with E-state index < -0.39 is 0 Å². The molecule has 1 aromatic heterocycles. The van der Waals surface area contributed by atoms with Crippen molar-refractivity contribution in [1.82, 2.24) is 9.97 Å². The molecular weight excluding hydrogens is 340 g/mol. The molecule has 0 aliphatic heterocycles. The Labute approximate surface area is 137 Å². The molecule has 0 atom stereocenters. The maximum absolute atomic E-state index is 4.25. The lowest BCUT2D eigenvalue weighted by molar-refractivity contribution is 1.17. The van der Waals surface area contributed by atoms with E-state index >= 15 is 0 Å². The Hall–Kier alpha value is -2.40. The zero-order valence-corrected chi connectivity index (χ0v) is 13.6.